The molecule has 0 saturated heterocycles. The Morgan fingerprint density at radius 1 is 1.62 bits per heavy atom. The van der Waals surface area contributed by atoms with Crippen molar-refractivity contribution in [2.45, 2.75) is 0 Å². The minimum Gasteiger partial charge on any atom is -0.344 e. The number of hydrogen-bond donors (Lipinski definition) is 2. The van der Waals surface area contributed by atoms with E-state index in [4.69, 9.17) is 4.55 Å². The molecule has 0 aromatic rings. The largest absolute Gasteiger partial charge is 0.363 e. The van der Waals surface area contributed by atoms with Crippen LogP contribution in [-0.2, 0) is 10.1 Å². The number of hydrogen-bond acceptors (Lipinski definition) is 3. The van der Waals surface area contributed by atoms with Gasteiger partial charge in [0.1, 0.15) is 0 Å². The van der Waals surface area contributed by atoms with E-state index in [0.29, 0.717) is 0 Å². The van der Waals surface area contributed by atoms with Gasteiger partial charge in [0.15, 0.2) is 0 Å². The molecule has 0 saturated carbocycles. The van der Waals surface area contributed by atoms with Crippen molar-refractivity contribution in [2.24, 2.45) is 0 Å². The van der Waals surface area contributed by atoms with Crippen molar-refractivity contribution in [1.82, 2.24) is 5.32 Å². The zero-order chi connectivity index (χ0) is 6.78. The second kappa shape index (κ2) is 2.10. The van der Waals surface area contributed by atoms with Crippen LogP contribution in [0, 0.1) is 0 Å². The molecule has 0 heterocycles. The standard InChI is InChI=1S/C2H5NO4S/c1-3-2(4)8(5,6)7/h1H3,(H,3,4)(H,5,6,7). The molecule has 48 valence electrons. The van der Waals surface area contributed by atoms with Crippen molar-refractivity contribution < 1.29 is 17.8 Å². The second-order valence-electron chi connectivity index (χ2n) is 1.01. The summed E-state index contributed by atoms with van der Waals surface area (Å²) in [6, 6.07) is 0. The predicted molar refractivity (Wildman–Crippen MR) is 26.0 cm³/mol. The highest BCUT2D eigenvalue weighted by Crippen LogP contribution is 1.79. The Labute approximate surface area is 46.4 Å². The van der Waals surface area contributed by atoms with Crippen molar-refractivity contribution in [3.63, 3.8) is 0 Å². The number of carbonyl (C=O) groups is 1. The maximum atomic E-state index is 9.88. The van der Waals surface area contributed by atoms with Crippen LogP contribution in [-0.4, -0.2) is 25.3 Å². The molecule has 5 nitrogen and oxygen atoms in total. The third-order valence-corrected chi connectivity index (χ3v) is 1.11. The molecule has 0 aromatic heterocycles. The van der Waals surface area contributed by atoms with Crippen LogP contribution in [0.1, 0.15) is 0 Å². The molecular formula is C2H5NO4S. The maximum absolute atomic E-state index is 9.88. The first-order chi connectivity index (χ1) is 3.48. The molecule has 0 aliphatic rings. The molecule has 0 bridgehead atoms. The first kappa shape index (κ1) is 7.38. The fourth-order valence-corrected chi connectivity index (χ4v) is 0.387. The first-order valence-corrected chi connectivity index (χ1v) is 3.11. The van der Waals surface area contributed by atoms with E-state index in [-0.39, 0.29) is 0 Å². The second-order valence-corrected chi connectivity index (χ2v) is 2.33. The zero-order valence-electron chi connectivity index (χ0n) is 4.08. The Morgan fingerprint density at radius 3 is 2.00 bits per heavy atom. The maximum Gasteiger partial charge on any atom is 0.363 e. The van der Waals surface area contributed by atoms with E-state index in [0.717, 1.165) is 7.05 Å². The molecule has 1 amide bonds. The van der Waals surface area contributed by atoms with Crippen molar-refractivity contribution >= 4 is 15.4 Å². The highest BCUT2D eigenvalue weighted by molar-refractivity contribution is 8.01. The van der Waals surface area contributed by atoms with Gasteiger partial charge in [-0.2, -0.15) is 8.42 Å². The summed E-state index contributed by atoms with van der Waals surface area (Å²) >= 11 is 0. The van der Waals surface area contributed by atoms with Crippen molar-refractivity contribution in [3.8, 4) is 0 Å². The van der Waals surface area contributed by atoms with Crippen molar-refractivity contribution in [3.05, 3.63) is 0 Å². The van der Waals surface area contributed by atoms with Gasteiger partial charge in [0.25, 0.3) is 0 Å². The Kier molecular flexibility index (Phi) is 1.94. The van der Waals surface area contributed by atoms with Gasteiger partial charge >= 0.3 is 15.4 Å². The van der Waals surface area contributed by atoms with Gasteiger partial charge in [0.2, 0.25) is 0 Å². The lowest BCUT2D eigenvalue weighted by Gasteiger charge is -1.89. The van der Waals surface area contributed by atoms with Gasteiger partial charge in [-0.1, -0.05) is 0 Å². The monoisotopic (exact) mass is 139 g/mol. The number of nitrogens with one attached hydrogen (secondary N) is 1. The molecule has 0 unspecified atom stereocenters. The topological polar surface area (TPSA) is 83.5 Å². The molecule has 0 atom stereocenters. The fraction of sp³-hybridized carbons (Fsp3) is 0.500. The van der Waals surface area contributed by atoms with Crippen LogP contribution in [0.3, 0.4) is 0 Å². The minimum atomic E-state index is -4.50. The molecule has 8 heavy (non-hydrogen) atoms. The fourth-order valence-electron chi connectivity index (χ4n) is 0.129. The smallest absolute Gasteiger partial charge is 0.344 e. The van der Waals surface area contributed by atoms with Gasteiger partial charge in [-0.25, -0.2) is 0 Å². The summed E-state index contributed by atoms with van der Waals surface area (Å²) in [4.78, 5) is 9.88. The highest BCUT2D eigenvalue weighted by atomic mass is 32.2. The third kappa shape index (κ3) is 1.90. The Balaban J connectivity index is 4.29. The minimum absolute atomic E-state index is 1.11. The normalized spacial score (nSPS) is 10.8. The number of amides is 1. The molecule has 0 aromatic carbocycles. The summed E-state index contributed by atoms with van der Waals surface area (Å²) < 4.78 is 27.3. The van der Waals surface area contributed by atoms with E-state index in [2.05, 4.69) is 0 Å². The van der Waals surface area contributed by atoms with Gasteiger partial charge in [-0.3, -0.25) is 9.35 Å². The molecule has 0 fully saturated rings. The molecule has 0 aliphatic heterocycles. The van der Waals surface area contributed by atoms with Gasteiger partial charge in [0.05, 0.1) is 0 Å². The SMILES string of the molecule is CNC(=O)S(=O)(=O)O. The van der Waals surface area contributed by atoms with Crippen molar-refractivity contribution in [1.29, 1.82) is 0 Å². The van der Waals surface area contributed by atoms with Crippen LogP contribution >= 0.6 is 0 Å². The summed E-state index contributed by atoms with van der Waals surface area (Å²) in [5.74, 6) is 0. The van der Waals surface area contributed by atoms with Crippen LogP contribution < -0.4 is 5.32 Å². The summed E-state index contributed by atoms with van der Waals surface area (Å²) in [5.41, 5.74) is 0. The summed E-state index contributed by atoms with van der Waals surface area (Å²) in [6.45, 7) is 0. The molecule has 0 radical (unpaired) electrons. The molecule has 6 heteroatoms. The molecular weight excluding hydrogens is 134 g/mol. The lowest BCUT2D eigenvalue weighted by atomic mass is 11.2. The van der Waals surface area contributed by atoms with Gasteiger partial charge in [-0.05, 0) is 0 Å². The van der Waals surface area contributed by atoms with Gasteiger partial charge < -0.3 is 5.32 Å². The zero-order valence-corrected chi connectivity index (χ0v) is 4.90. The highest BCUT2D eigenvalue weighted by Gasteiger charge is 2.14. The van der Waals surface area contributed by atoms with Gasteiger partial charge in [-0.15, -0.1) is 0 Å². The van der Waals surface area contributed by atoms with E-state index >= 15 is 0 Å². The van der Waals surface area contributed by atoms with E-state index in [9.17, 15) is 13.2 Å². The average molecular weight is 139 g/mol. The quantitative estimate of drug-likeness (QED) is 0.431. The van der Waals surface area contributed by atoms with Crippen LogP contribution in [0.4, 0.5) is 4.79 Å². The third-order valence-electron chi connectivity index (χ3n) is 0.438. The Morgan fingerprint density at radius 2 is 2.00 bits per heavy atom. The molecule has 2 N–H and O–H groups in total. The van der Waals surface area contributed by atoms with E-state index in [1.807, 2.05) is 0 Å². The Hall–Kier alpha value is -0.620. The van der Waals surface area contributed by atoms with Crippen LogP contribution in [0.5, 0.6) is 0 Å². The van der Waals surface area contributed by atoms with Crippen LogP contribution in [0.25, 0.3) is 0 Å². The predicted octanol–water partition coefficient (Wildman–Crippen LogP) is -0.786. The molecule has 0 aliphatic carbocycles. The lowest BCUT2D eigenvalue weighted by Crippen LogP contribution is -2.24. The van der Waals surface area contributed by atoms with Crippen LogP contribution in [0.15, 0.2) is 0 Å². The van der Waals surface area contributed by atoms with Crippen molar-refractivity contribution in [2.75, 3.05) is 7.05 Å². The summed E-state index contributed by atoms with van der Waals surface area (Å²) in [6.07, 6.45) is 0. The summed E-state index contributed by atoms with van der Waals surface area (Å²) in [5, 5.41) is 0.337. The lowest BCUT2D eigenvalue weighted by molar-refractivity contribution is 0.257. The summed E-state index contributed by atoms with van der Waals surface area (Å²) in [7, 11) is -3.40. The van der Waals surface area contributed by atoms with Crippen LogP contribution in [0.2, 0.25) is 0 Å². The first-order valence-electron chi connectivity index (χ1n) is 1.67. The number of rotatable bonds is 0. The number of carbonyl (C=O) groups excluding carboxylic acids is 1. The molecule has 0 spiro atoms. The Bertz CT molecular complexity index is 180. The van der Waals surface area contributed by atoms with Gasteiger partial charge in [0, 0.05) is 7.05 Å². The van der Waals surface area contributed by atoms with E-state index < -0.39 is 15.4 Å². The van der Waals surface area contributed by atoms with E-state index in [1.54, 1.807) is 5.32 Å². The average Bonchev–Trinajstić information content (AvgIpc) is 1.62. The molecule has 0 rings (SSSR count). The van der Waals surface area contributed by atoms with E-state index in [1.165, 1.54) is 0 Å².